The molecule has 0 aromatic heterocycles. The second-order valence-electron chi connectivity index (χ2n) is 8.02. The van der Waals surface area contributed by atoms with Gasteiger partial charge in [-0.2, -0.15) is 0 Å². The Bertz CT molecular complexity index is 1300. The van der Waals surface area contributed by atoms with Gasteiger partial charge in [0, 0.05) is 12.1 Å². The average molecular weight is 592 g/mol. The molecular formula is C27H21Cl3N2O3S2. The van der Waals surface area contributed by atoms with Crippen molar-refractivity contribution in [1.29, 1.82) is 0 Å². The molecule has 0 spiro atoms. The number of thioether (sulfide) groups is 1. The van der Waals surface area contributed by atoms with E-state index in [0.717, 1.165) is 17.5 Å². The van der Waals surface area contributed by atoms with E-state index >= 15 is 0 Å². The Hall–Kier alpha value is -2.55. The van der Waals surface area contributed by atoms with Crippen LogP contribution in [0.5, 0.6) is 5.75 Å². The van der Waals surface area contributed by atoms with E-state index in [1.807, 2.05) is 30.3 Å². The predicted octanol–water partition coefficient (Wildman–Crippen LogP) is 6.64. The van der Waals surface area contributed by atoms with Gasteiger partial charge in [0.05, 0.1) is 4.91 Å². The quantitative estimate of drug-likeness (QED) is 0.138. The zero-order chi connectivity index (χ0) is 26.4. The maximum Gasteiger partial charge on any atom is 0.266 e. The van der Waals surface area contributed by atoms with E-state index in [0.29, 0.717) is 27.1 Å². The first kappa shape index (κ1) is 27.5. The molecule has 0 saturated carbocycles. The molecule has 4 rings (SSSR count). The van der Waals surface area contributed by atoms with Gasteiger partial charge in [0.25, 0.3) is 11.8 Å². The van der Waals surface area contributed by atoms with E-state index in [2.05, 4.69) is 5.32 Å². The number of alkyl halides is 3. The first-order chi connectivity index (χ1) is 17.7. The number of hydrogen-bond donors (Lipinski definition) is 1. The molecule has 3 aromatic rings. The summed E-state index contributed by atoms with van der Waals surface area (Å²) in [4.78, 5) is 27.6. The Kier molecular flexibility index (Phi) is 9.16. The van der Waals surface area contributed by atoms with Gasteiger partial charge in [-0.1, -0.05) is 119 Å². The van der Waals surface area contributed by atoms with Gasteiger partial charge in [0.1, 0.15) is 10.1 Å². The van der Waals surface area contributed by atoms with Crippen LogP contribution in [-0.2, 0) is 11.2 Å². The Balaban J connectivity index is 1.40. The molecule has 1 fully saturated rings. The minimum atomic E-state index is -1.92. The minimum absolute atomic E-state index is 0.119. The lowest BCUT2D eigenvalue weighted by Gasteiger charge is -2.26. The van der Waals surface area contributed by atoms with Crippen LogP contribution < -0.4 is 10.1 Å². The predicted molar refractivity (Wildman–Crippen MR) is 155 cm³/mol. The summed E-state index contributed by atoms with van der Waals surface area (Å²) >= 11 is 24.9. The number of carbonyl (C=O) groups is 2. The Morgan fingerprint density at radius 3 is 2.24 bits per heavy atom. The molecular weight excluding hydrogens is 571 g/mol. The number of hydrogen-bond acceptors (Lipinski definition) is 5. The summed E-state index contributed by atoms with van der Waals surface area (Å²) < 4.78 is 4.39. The van der Waals surface area contributed by atoms with Gasteiger partial charge in [0.15, 0.2) is 0 Å². The second kappa shape index (κ2) is 12.3. The summed E-state index contributed by atoms with van der Waals surface area (Å²) in [7, 11) is 0. The average Bonchev–Trinajstić information content (AvgIpc) is 3.15. The summed E-state index contributed by atoms with van der Waals surface area (Å²) in [6, 6.07) is 25.4. The molecule has 190 valence electrons. The fourth-order valence-corrected chi connectivity index (χ4v) is 5.08. The number of halogens is 3. The van der Waals surface area contributed by atoms with Crippen molar-refractivity contribution in [3.63, 3.8) is 0 Å². The number of carbonyl (C=O) groups excluding carboxylic acids is 2. The molecule has 0 aliphatic carbocycles. The van der Waals surface area contributed by atoms with E-state index in [9.17, 15) is 9.59 Å². The van der Waals surface area contributed by atoms with Crippen molar-refractivity contribution >= 4 is 81.0 Å². The molecule has 37 heavy (non-hydrogen) atoms. The summed E-state index contributed by atoms with van der Waals surface area (Å²) in [5, 5.41) is 2.60. The summed E-state index contributed by atoms with van der Waals surface area (Å²) in [5.74, 6) is -0.189. The fraction of sp³-hybridized carbons (Fsp3) is 0.148. The monoisotopic (exact) mass is 590 g/mol. The highest BCUT2D eigenvalue weighted by Crippen LogP contribution is 2.34. The van der Waals surface area contributed by atoms with Crippen molar-refractivity contribution in [1.82, 2.24) is 10.2 Å². The zero-order valence-electron chi connectivity index (χ0n) is 19.3. The molecule has 2 amide bonds. The molecule has 0 unspecified atom stereocenters. The maximum absolute atomic E-state index is 12.9. The van der Waals surface area contributed by atoms with Crippen molar-refractivity contribution in [3.05, 3.63) is 107 Å². The molecule has 1 aliphatic heterocycles. The van der Waals surface area contributed by atoms with Gasteiger partial charge >= 0.3 is 0 Å². The molecule has 3 aromatic carbocycles. The van der Waals surface area contributed by atoms with Crippen LogP contribution in [0.15, 0.2) is 89.8 Å². The molecule has 1 heterocycles. The molecule has 10 heteroatoms. The Labute approximate surface area is 239 Å². The first-order valence-corrected chi connectivity index (χ1v) is 13.6. The Morgan fingerprint density at radius 1 is 1.00 bits per heavy atom. The lowest BCUT2D eigenvalue weighted by molar-refractivity contribution is -0.122. The van der Waals surface area contributed by atoms with Crippen LogP contribution in [0.1, 0.15) is 21.5 Å². The number of ether oxygens (including phenoxy) is 1. The third kappa shape index (κ3) is 7.49. The van der Waals surface area contributed by atoms with Crippen LogP contribution in [0.25, 0.3) is 6.08 Å². The lowest BCUT2D eigenvalue weighted by Crippen LogP contribution is -2.47. The summed E-state index contributed by atoms with van der Waals surface area (Å²) in [6.45, 7) is 0.520. The maximum atomic E-state index is 12.9. The number of benzene rings is 3. The SMILES string of the molecule is O=C(N[C@H](Oc1ccc(/C=C2\SC(=S)N(CCc3ccccc3)C2=O)cc1)C(Cl)(Cl)Cl)c1ccccc1. The van der Waals surface area contributed by atoms with E-state index in [1.165, 1.54) is 11.8 Å². The topological polar surface area (TPSA) is 58.6 Å². The lowest BCUT2D eigenvalue weighted by atomic mass is 10.1. The standard InChI is InChI=1S/C27H21Cl3N2O3S2/c28-27(29,30)25(31-23(33)20-9-5-2-6-10-20)35-21-13-11-19(12-14-21)17-22-24(34)32(26(36)37-22)16-15-18-7-3-1-4-8-18/h1-14,17,25H,15-16H2,(H,31,33)/b22-17-/t25-/m1/s1. The molecule has 1 aliphatic rings. The van der Waals surface area contributed by atoms with E-state index < -0.39 is 15.9 Å². The van der Waals surface area contributed by atoms with Crippen molar-refractivity contribution in [3.8, 4) is 5.75 Å². The van der Waals surface area contributed by atoms with Gasteiger partial charge in [-0.25, -0.2) is 0 Å². The van der Waals surface area contributed by atoms with E-state index in [1.54, 1.807) is 65.6 Å². The molecule has 1 saturated heterocycles. The number of nitrogens with one attached hydrogen (secondary N) is 1. The highest BCUT2D eigenvalue weighted by Gasteiger charge is 2.36. The first-order valence-electron chi connectivity index (χ1n) is 11.2. The third-order valence-corrected chi connectivity index (χ3v) is 7.34. The highest BCUT2D eigenvalue weighted by atomic mass is 35.6. The van der Waals surface area contributed by atoms with Gasteiger partial charge in [-0.05, 0) is 47.9 Å². The van der Waals surface area contributed by atoms with E-state index in [4.69, 9.17) is 51.8 Å². The van der Waals surface area contributed by atoms with Gasteiger partial charge in [0.2, 0.25) is 10.0 Å². The second-order valence-corrected chi connectivity index (χ2v) is 12.1. The molecule has 0 radical (unpaired) electrons. The van der Waals surface area contributed by atoms with E-state index in [-0.39, 0.29) is 5.91 Å². The third-order valence-electron chi connectivity index (χ3n) is 5.37. The normalized spacial score (nSPS) is 15.6. The van der Waals surface area contributed by atoms with Gasteiger partial charge < -0.3 is 10.1 Å². The van der Waals surface area contributed by atoms with Crippen LogP contribution >= 0.6 is 58.8 Å². The fourth-order valence-electron chi connectivity index (χ4n) is 3.48. The van der Waals surface area contributed by atoms with Crippen molar-refractivity contribution in [2.75, 3.05) is 6.54 Å². The highest BCUT2D eigenvalue weighted by molar-refractivity contribution is 8.26. The molecule has 1 atom stereocenters. The van der Waals surface area contributed by atoms with Gasteiger partial charge in [-0.3, -0.25) is 14.5 Å². The number of thiocarbonyl (C=S) groups is 1. The number of amides is 2. The van der Waals surface area contributed by atoms with Gasteiger partial charge in [-0.15, -0.1) is 0 Å². The van der Waals surface area contributed by atoms with Crippen LogP contribution in [0.4, 0.5) is 0 Å². The van der Waals surface area contributed by atoms with Crippen molar-refractivity contribution in [2.24, 2.45) is 0 Å². The smallest absolute Gasteiger partial charge is 0.266 e. The molecule has 0 bridgehead atoms. The van der Waals surface area contributed by atoms with Crippen LogP contribution in [-0.4, -0.2) is 37.6 Å². The van der Waals surface area contributed by atoms with Crippen LogP contribution in [0.3, 0.4) is 0 Å². The van der Waals surface area contributed by atoms with Crippen LogP contribution in [0.2, 0.25) is 0 Å². The largest absolute Gasteiger partial charge is 0.466 e. The number of rotatable bonds is 8. The van der Waals surface area contributed by atoms with Crippen LogP contribution in [0, 0.1) is 0 Å². The summed E-state index contributed by atoms with van der Waals surface area (Å²) in [6.07, 6.45) is 1.25. The minimum Gasteiger partial charge on any atom is -0.466 e. The van der Waals surface area contributed by atoms with Crippen molar-refractivity contribution < 1.29 is 14.3 Å². The van der Waals surface area contributed by atoms with Crippen molar-refractivity contribution in [2.45, 2.75) is 16.4 Å². The molecule has 5 nitrogen and oxygen atoms in total. The summed E-state index contributed by atoms with van der Waals surface area (Å²) in [5.41, 5.74) is 2.32. The zero-order valence-corrected chi connectivity index (χ0v) is 23.2. The molecule has 1 N–H and O–H groups in total. The Morgan fingerprint density at radius 2 is 1.62 bits per heavy atom. The number of nitrogens with zero attached hydrogens (tertiary/aromatic N) is 1.